The van der Waals surface area contributed by atoms with Crippen LogP contribution in [-0.4, -0.2) is 17.5 Å². The molecule has 1 aliphatic carbocycles. The summed E-state index contributed by atoms with van der Waals surface area (Å²) in [5.74, 6) is 0.358. The third-order valence-corrected chi connectivity index (χ3v) is 3.68. The van der Waals surface area contributed by atoms with Crippen LogP contribution in [0.15, 0.2) is 18.3 Å². The van der Waals surface area contributed by atoms with Crippen LogP contribution in [0.2, 0.25) is 0 Å². The van der Waals surface area contributed by atoms with E-state index < -0.39 is 5.41 Å². The first-order valence-corrected chi connectivity index (χ1v) is 6.98. The van der Waals surface area contributed by atoms with Crippen molar-refractivity contribution in [3.05, 3.63) is 23.9 Å². The van der Waals surface area contributed by atoms with Gasteiger partial charge in [0.1, 0.15) is 5.41 Å². The summed E-state index contributed by atoms with van der Waals surface area (Å²) in [5.41, 5.74) is -0.0117. The molecule has 0 aromatic carbocycles. The Balaban J connectivity index is 2.02. The van der Waals surface area contributed by atoms with Gasteiger partial charge in [-0.1, -0.05) is 18.9 Å². The highest BCUT2D eigenvalue weighted by molar-refractivity contribution is 5.85. The van der Waals surface area contributed by atoms with E-state index in [1.54, 1.807) is 12.3 Å². The molecule has 2 rings (SSSR count). The number of pyridine rings is 1. The third-order valence-electron chi connectivity index (χ3n) is 3.68. The molecule has 1 heterocycles. The normalized spacial score (nSPS) is 16.4. The van der Waals surface area contributed by atoms with Gasteiger partial charge in [0.15, 0.2) is 0 Å². The second-order valence-electron chi connectivity index (χ2n) is 4.98. The first-order valence-electron chi connectivity index (χ1n) is 6.98. The molecular weight excluding hydrogens is 254 g/mol. The first-order chi connectivity index (χ1) is 9.72. The van der Waals surface area contributed by atoms with Crippen LogP contribution < -0.4 is 10.1 Å². The Hall–Kier alpha value is -2.09. The molecule has 1 aromatic heterocycles. The standard InChI is InChI=1S/C15H19N3O2/c1-2-20-13-12(6-5-9-17-13)10-18-14(19)15(11-16)7-3-4-8-15/h5-6,9H,2-4,7-8,10H2,1H3,(H,18,19). The number of ether oxygens (including phenoxy) is 1. The van der Waals surface area contributed by atoms with Crippen molar-refractivity contribution in [1.82, 2.24) is 10.3 Å². The lowest BCUT2D eigenvalue weighted by molar-refractivity contribution is -0.128. The van der Waals surface area contributed by atoms with Crippen LogP contribution >= 0.6 is 0 Å². The number of hydrogen-bond acceptors (Lipinski definition) is 4. The van der Waals surface area contributed by atoms with Crippen LogP contribution in [0.5, 0.6) is 5.88 Å². The molecule has 0 spiro atoms. The molecule has 1 aromatic rings. The summed E-state index contributed by atoms with van der Waals surface area (Å²) < 4.78 is 5.42. The number of aromatic nitrogens is 1. The van der Waals surface area contributed by atoms with E-state index in [1.165, 1.54) is 0 Å². The average molecular weight is 273 g/mol. The van der Waals surface area contributed by atoms with Gasteiger partial charge in [-0.25, -0.2) is 4.98 Å². The summed E-state index contributed by atoms with van der Waals surface area (Å²) >= 11 is 0. The molecule has 0 atom stereocenters. The number of carbonyl (C=O) groups excluding carboxylic acids is 1. The number of carbonyl (C=O) groups is 1. The molecule has 0 saturated heterocycles. The smallest absolute Gasteiger partial charge is 0.240 e. The minimum atomic E-state index is -0.839. The van der Waals surface area contributed by atoms with E-state index in [0.29, 0.717) is 31.9 Å². The lowest BCUT2D eigenvalue weighted by Crippen LogP contribution is -2.37. The Labute approximate surface area is 119 Å². The van der Waals surface area contributed by atoms with Crippen LogP contribution in [0, 0.1) is 16.7 Å². The van der Waals surface area contributed by atoms with Crippen LogP contribution in [-0.2, 0) is 11.3 Å². The molecule has 1 fully saturated rings. The summed E-state index contributed by atoms with van der Waals surface area (Å²) in [4.78, 5) is 16.4. The molecule has 0 unspecified atom stereocenters. The Morgan fingerprint density at radius 2 is 2.30 bits per heavy atom. The predicted molar refractivity (Wildman–Crippen MR) is 73.8 cm³/mol. The van der Waals surface area contributed by atoms with Crippen molar-refractivity contribution in [2.45, 2.75) is 39.2 Å². The Morgan fingerprint density at radius 3 is 2.95 bits per heavy atom. The maximum Gasteiger partial charge on any atom is 0.240 e. The Kier molecular flexibility index (Phi) is 4.57. The zero-order valence-corrected chi connectivity index (χ0v) is 11.7. The van der Waals surface area contributed by atoms with Gasteiger partial charge in [0.2, 0.25) is 11.8 Å². The van der Waals surface area contributed by atoms with E-state index in [2.05, 4.69) is 16.4 Å². The van der Waals surface area contributed by atoms with Crippen molar-refractivity contribution in [1.29, 1.82) is 5.26 Å². The van der Waals surface area contributed by atoms with Crippen LogP contribution in [0.4, 0.5) is 0 Å². The number of hydrogen-bond donors (Lipinski definition) is 1. The van der Waals surface area contributed by atoms with Gasteiger partial charge >= 0.3 is 0 Å². The molecule has 0 bridgehead atoms. The van der Waals surface area contributed by atoms with Crippen LogP contribution in [0.1, 0.15) is 38.2 Å². The number of amides is 1. The molecule has 1 saturated carbocycles. The van der Waals surface area contributed by atoms with Crippen molar-refractivity contribution in [3.8, 4) is 11.9 Å². The zero-order chi connectivity index (χ0) is 14.4. The largest absolute Gasteiger partial charge is 0.478 e. The summed E-state index contributed by atoms with van der Waals surface area (Å²) in [6, 6.07) is 5.87. The number of nitrogens with one attached hydrogen (secondary N) is 1. The van der Waals surface area contributed by atoms with Crippen LogP contribution in [0.3, 0.4) is 0 Å². The molecular formula is C15H19N3O2. The van der Waals surface area contributed by atoms with E-state index in [4.69, 9.17) is 4.74 Å². The quantitative estimate of drug-likeness (QED) is 0.892. The minimum absolute atomic E-state index is 0.177. The third kappa shape index (κ3) is 2.90. The van der Waals surface area contributed by atoms with E-state index in [9.17, 15) is 10.1 Å². The van der Waals surface area contributed by atoms with Gasteiger partial charge in [-0.05, 0) is 25.8 Å². The lowest BCUT2D eigenvalue weighted by atomic mass is 9.87. The molecule has 1 amide bonds. The molecule has 0 radical (unpaired) electrons. The van der Waals surface area contributed by atoms with Crippen molar-refractivity contribution < 1.29 is 9.53 Å². The van der Waals surface area contributed by atoms with Crippen molar-refractivity contribution in [3.63, 3.8) is 0 Å². The highest BCUT2D eigenvalue weighted by Gasteiger charge is 2.41. The monoisotopic (exact) mass is 273 g/mol. The number of nitrogens with zero attached hydrogens (tertiary/aromatic N) is 2. The molecule has 20 heavy (non-hydrogen) atoms. The van der Waals surface area contributed by atoms with E-state index in [0.717, 1.165) is 18.4 Å². The fraction of sp³-hybridized carbons (Fsp3) is 0.533. The second-order valence-corrected chi connectivity index (χ2v) is 4.98. The average Bonchev–Trinajstić information content (AvgIpc) is 2.96. The fourth-order valence-electron chi connectivity index (χ4n) is 2.54. The molecule has 1 N–H and O–H groups in total. The summed E-state index contributed by atoms with van der Waals surface area (Å²) in [6.07, 6.45) is 4.85. The maximum absolute atomic E-state index is 12.2. The van der Waals surface area contributed by atoms with E-state index in [1.807, 2.05) is 13.0 Å². The number of nitriles is 1. The fourth-order valence-corrected chi connectivity index (χ4v) is 2.54. The lowest BCUT2D eigenvalue weighted by Gasteiger charge is -2.19. The van der Waals surface area contributed by atoms with Gasteiger partial charge in [-0.15, -0.1) is 0 Å². The molecule has 5 heteroatoms. The van der Waals surface area contributed by atoms with Gasteiger partial charge < -0.3 is 10.1 Å². The van der Waals surface area contributed by atoms with E-state index in [-0.39, 0.29) is 5.91 Å². The first kappa shape index (κ1) is 14.3. The number of rotatable bonds is 5. The summed E-state index contributed by atoms with van der Waals surface area (Å²) in [7, 11) is 0. The Morgan fingerprint density at radius 1 is 1.55 bits per heavy atom. The van der Waals surface area contributed by atoms with Gasteiger partial charge in [-0.3, -0.25) is 4.79 Å². The van der Waals surface area contributed by atoms with Gasteiger partial charge in [0, 0.05) is 18.3 Å². The van der Waals surface area contributed by atoms with Gasteiger partial charge in [-0.2, -0.15) is 5.26 Å². The molecule has 0 aliphatic heterocycles. The second kappa shape index (κ2) is 6.38. The Bertz CT molecular complexity index is 516. The van der Waals surface area contributed by atoms with Crippen molar-refractivity contribution in [2.24, 2.45) is 5.41 Å². The van der Waals surface area contributed by atoms with E-state index >= 15 is 0 Å². The molecule has 5 nitrogen and oxygen atoms in total. The summed E-state index contributed by atoms with van der Waals surface area (Å²) in [5, 5.41) is 12.1. The predicted octanol–water partition coefficient (Wildman–Crippen LogP) is 2.18. The highest BCUT2D eigenvalue weighted by Crippen LogP contribution is 2.37. The highest BCUT2D eigenvalue weighted by atomic mass is 16.5. The molecule has 106 valence electrons. The topological polar surface area (TPSA) is 75.0 Å². The van der Waals surface area contributed by atoms with Crippen molar-refractivity contribution in [2.75, 3.05) is 6.61 Å². The maximum atomic E-state index is 12.2. The molecule has 1 aliphatic rings. The van der Waals surface area contributed by atoms with Crippen LogP contribution in [0.25, 0.3) is 0 Å². The van der Waals surface area contributed by atoms with Gasteiger partial charge in [0.25, 0.3) is 0 Å². The van der Waals surface area contributed by atoms with Crippen molar-refractivity contribution >= 4 is 5.91 Å². The van der Waals surface area contributed by atoms with Gasteiger partial charge in [0.05, 0.1) is 12.7 Å². The minimum Gasteiger partial charge on any atom is -0.478 e. The zero-order valence-electron chi connectivity index (χ0n) is 11.7. The SMILES string of the molecule is CCOc1ncccc1CNC(=O)C1(C#N)CCCC1. The summed E-state index contributed by atoms with van der Waals surface area (Å²) in [6.45, 7) is 2.76.